The Balaban J connectivity index is 1.63. The van der Waals surface area contributed by atoms with Gasteiger partial charge in [0.1, 0.15) is 5.71 Å². The molecule has 7 heteroatoms. The third-order valence-corrected chi connectivity index (χ3v) is 4.42. The molecule has 142 valence electrons. The van der Waals surface area contributed by atoms with E-state index in [0.29, 0.717) is 12.3 Å². The van der Waals surface area contributed by atoms with Crippen molar-refractivity contribution in [3.8, 4) is 5.69 Å². The lowest BCUT2D eigenvalue weighted by molar-refractivity contribution is -0.138. The summed E-state index contributed by atoms with van der Waals surface area (Å²) in [7, 11) is 0. The van der Waals surface area contributed by atoms with Crippen LogP contribution in [0.4, 0.5) is 13.2 Å². The minimum atomic E-state index is -4.39. The number of hydrogen-bond acceptors (Lipinski definition) is 3. The Kier molecular flexibility index (Phi) is 4.73. The third-order valence-electron chi connectivity index (χ3n) is 4.42. The molecule has 0 spiro atoms. The first kappa shape index (κ1) is 18.0. The molecule has 2 aromatic carbocycles. The van der Waals surface area contributed by atoms with Crippen molar-refractivity contribution in [1.29, 1.82) is 0 Å². The van der Waals surface area contributed by atoms with Crippen LogP contribution in [-0.4, -0.2) is 27.0 Å². The van der Waals surface area contributed by atoms with Gasteiger partial charge in [0.25, 0.3) is 0 Å². The van der Waals surface area contributed by atoms with Gasteiger partial charge in [-0.1, -0.05) is 42.5 Å². The fraction of sp³-hybridized carbons (Fsp3) is 0.143. The average molecular weight is 382 g/mol. The minimum absolute atomic E-state index is 0.0724. The molecule has 4 rings (SSSR count). The fourth-order valence-electron chi connectivity index (χ4n) is 3.15. The largest absolute Gasteiger partial charge is 0.416 e. The summed E-state index contributed by atoms with van der Waals surface area (Å²) in [6.07, 6.45) is 1.04. The van der Waals surface area contributed by atoms with E-state index in [1.807, 2.05) is 48.6 Å². The molecule has 0 aliphatic carbocycles. The smallest absolute Gasteiger partial charge is 0.288 e. The van der Waals surface area contributed by atoms with E-state index in [1.54, 1.807) is 22.0 Å². The maximum absolute atomic E-state index is 13.3. The molecule has 0 radical (unpaired) electrons. The van der Waals surface area contributed by atoms with E-state index < -0.39 is 11.7 Å². The zero-order chi connectivity index (χ0) is 19.6. The number of rotatable bonds is 4. The molecule has 0 unspecified atom stereocenters. The van der Waals surface area contributed by atoms with Gasteiger partial charge >= 0.3 is 6.18 Å². The van der Waals surface area contributed by atoms with E-state index in [0.717, 1.165) is 17.4 Å². The molecule has 0 N–H and O–H groups in total. The zero-order valence-electron chi connectivity index (χ0n) is 14.8. The number of alkyl halides is 3. The lowest BCUT2D eigenvalue weighted by atomic mass is 10.1. The molecule has 1 aromatic heterocycles. The second-order valence-electron chi connectivity index (χ2n) is 6.35. The van der Waals surface area contributed by atoms with Crippen molar-refractivity contribution < 1.29 is 13.2 Å². The SMILES string of the molecule is FC(F)(F)c1ccccc1CN1CC=CC(c2ccnn2-c2ccccc2)=N1. The van der Waals surface area contributed by atoms with Crippen molar-refractivity contribution >= 4 is 5.71 Å². The minimum Gasteiger partial charge on any atom is -0.288 e. The van der Waals surface area contributed by atoms with Crippen LogP contribution in [0.1, 0.15) is 16.8 Å². The van der Waals surface area contributed by atoms with Crippen molar-refractivity contribution in [3.05, 3.63) is 95.8 Å². The number of allylic oxidation sites excluding steroid dienone is 1. The highest BCUT2D eigenvalue weighted by atomic mass is 19.4. The van der Waals surface area contributed by atoms with Gasteiger partial charge in [0.15, 0.2) is 0 Å². The van der Waals surface area contributed by atoms with Crippen LogP contribution in [0.3, 0.4) is 0 Å². The molecule has 0 saturated carbocycles. The number of halogens is 3. The molecule has 1 aliphatic rings. The Bertz CT molecular complexity index is 1020. The summed E-state index contributed by atoms with van der Waals surface area (Å²) in [5.74, 6) is 0. The number of hydrazone groups is 1. The van der Waals surface area contributed by atoms with Crippen LogP contribution in [-0.2, 0) is 12.7 Å². The Morgan fingerprint density at radius 3 is 2.46 bits per heavy atom. The van der Waals surface area contributed by atoms with Crippen LogP contribution < -0.4 is 0 Å². The molecule has 28 heavy (non-hydrogen) atoms. The molecular formula is C21H17F3N4. The van der Waals surface area contributed by atoms with Crippen LogP contribution in [0.5, 0.6) is 0 Å². The van der Waals surface area contributed by atoms with Crippen molar-refractivity contribution in [3.63, 3.8) is 0 Å². The summed E-state index contributed by atoms with van der Waals surface area (Å²) in [5.41, 5.74) is 1.88. The Morgan fingerprint density at radius 2 is 1.68 bits per heavy atom. The summed E-state index contributed by atoms with van der Waals surface area (Å²) in [4.78, 5) is 0. The van der Waals surface area contributed by atoms with E-state index in [1.165, 1.54) is 12.1 Å². The summed E-state index contributed by atoms with van der Waals surface area (Å²) in [5, 5.41) is 10.5. The van der Waals surface area contributed by atoms with Gasteiger partial charge in [-0.25, -0.2) is 4.68 Å². The first-order chi connectivity index (χ1) is 13.5. The van der Waals surface area contributed by atoms with Crippen LogP contribution in [0.15, 0.2) is 84.1 Å². The fourth-order valence-corrected chi connectivity index (χ4v) is 3.15. The summed E-state index contributed by atoms with van der Waals surface area (Å²) >= 11 is 0. The van der Waals surface area contributed by atoms with Gasteiger partial charge in [-0.05, 0) is 35.9 Å². The standard InChI is InChI=1S/C21H17F3N4/c22-21(23,24)18-10-5-4-7-16(18)15-27-14-6-11-19(26-27)20-12-13-25-28(20)17-8-2-1-3-9-17/h1-13H,14-15H2. The van der Waals surface area contributed by atoms with Crippen molar-refractivity contribution in [2.45, 2.75) is 12.7 Å². The van der Waals surface area contributed by atoms with Gasteiger partial charge in [-0.3, -0.25) is 5.01 Å². The predicted octanol–water partition coefficient (Wildman–Crippen LogP) is 4.67. The van der Waals surface area contributed by atoms with E-state index >= 15 is 0 Å². The monoisotopic (exact) mass is 382 g/mol. The number of benzene rings is 2. The first-order valence-corrected chi connectivity index (χ1v) is 8.77. The van der Waals surface area contributed by atoms with E-state index in [-0.39, 0.29) is 12.1 Å². The number of aromatic nitrogens is 2. The van der Waals surface area contributed by atoms with Crippen molar-refractivity contribution in [1.82, 2.24) is 14.8 Å². The topological polar surface area (TPSA) is 33.4 Å². The molecule has 0 amide bonds. The van der Waals surface area contributed by atoms with Crippen LogP contribution >= 0.6 is 0 Å². The first-order valence-electron chi connectivity index (χ1n) is 8.77. The highest BCUT2D eigenvalue weighted by molar-refractivity contribution is 6.08. The van der Waals surface area contributed by atoms with Gasteiger partial charge < -0.3 is 0 Å². The second kappa shape index (κ2) is 7.34. The van der Waals surface area contributed by atoms with Crippen molar-refractivity contribution in [2.24, 2.45) is 5.10 Å². The zero-order valence-corrected chi connectivity index (χ0v) is 14.8. The molecule has 2 heterocycles. The molecule has 1 aliphatic heterocycles. The molecule has 0 fully saturated rings. The predicted molar refractivity (Wildman–Crippen MR) is 101 cm³/mol. The maximum atomic E-state index is 13.3. The molecule has 0 atom stereocenters. The van der Waals surface area contributed by atoms with Crippen LogP contribution in [0.2, 0.25) is 0 Å². The quantitative estimate of drug-likeness (QED) is 0.657. The second-order valence-corrected chi connectivity index (χ2v) is 6.35. The van der Waals surface area contributed by atoms with Gasteiger partial charge in [-0.2, -0.15) is 23.4 Å². The summed E-state index contributed by atoms with van der Waals surface area (Å²) in [6.45, 7) is 0.512. The van der Waals surface area contributed by atoms with Crippen LogP contribution in [0, 0.1) is 0 Å². The van der Waals surface area contributed by atoms with E-state index in [4.69, 9.17) is 0 Å². The molecule has 0 bridgehead atoms. The average Bonchev–Trinajstić information content (AvgIpc) is 3.18. The third kappa shape index (κ3) is 3.69. The molecule has 0 saturated heterocycles. The van der Waals surface area contributed by atoms with Gasteiger partial charge in [-0.15, -0.1) is 0 Å². The van der Waals surface area contributed by atoms with E-state index in [2.05, 4.69) is 10.2 Å². The number of hydrogen-bond donors (Lipinski definition) is 0. The van der Waals surface area contributed by atoms with E-state index in [9.17, 15) is 13.2 Å². The highest BCUT2D eigenvalue weighted by Crippen LogP contribution is 2.32. The number of nitrogens with zero attached hydrogens (tertiary/aromatic N) is 4. The summed E-state index contributed by atoms with van der Waals surface area (Å²) < 4.78 is 41.5. The Morgan fingerprint density at radius 1 is 0.929 bits per heavy atom. The Hall–Kier alpha value is -3.35. The lowest BCUT2D eigenvalue weighted by Crippen LogP contribution is -2.25. The Labute approximate surface area is 160 Å². The van der Waals surface area contributed by atoms with Crippen molar-refractivity contribution in [2.75, 3.05) is 6.54 Å². The van der Waals surface area contributed by atoms with Gasteiger partial charge in [0, 0.05) is 0 Å². The molecule has 3 aromatic rings. The highest BCUT2D eigenvalue weighted by Gasteiger charge is 2.33. The summed E-state index contributed by atoms with van der Waals surface area (Å²) in [6, 6.07) is 17.1. The lowest BCUT2D eigenvalue weighted by Gasteiger charge is -2.24. The van der Waals surface area contributed by atoms with Crippen LogP contribution in [0.25, 0.3) is 5.69 Å². The molecular weight excluding hydrogens is 365 g/mol. The number of para-hydroxylation sites is 1. The van der Waals surface area contributed by atoms with Gasteiger partial charge in [0.2, 0.25) is 0 Å². The van der Waals surface area contributed by atoms with Gasteiger partial charge in [0.05, 0.1) is 36.2 Å². The maximum Gasteiger partial charge on any atom is 0.416 e. The normalized spacial score (nSPS) is 14.2. The molecule has 4 nitrogen and oxygen atoms in total.